The van der Waals surface area contributed by atoms with Crippen molar-refractivity contribution >= 4 is 28.1 Å². The first-order valence-electron chi connectivity index (χ1n) is 3.82. The zero-order valence-electron chi connectivity index (χ0n) is 7.12. The molecule has 5 heteroatoms. The van der Waals surface area contributed by atoms with Gasteiger partial charge in [-0.25, -0.2) is 0 Å². The van der Waals surface area contributed by atoms with E-state index in [1.54, 1.807) is 5.51 Å². The third kappa shape index (κ3) is 2.60. The van der Waals surface area contributed by atoms with Crippen LogP contribution < -0.4 is 5.32 Å². The van der Waals surface area contributed by atoms with Crippen molar-refractivity contribution in [2.45, 2.75) is 19.9 Å². The second kappa shape index (κ2) is 4.62. The van der Waals surface area contributed by atoms with Gasteiger partial charge >= 0.3 is 0 Å². The van der Waals surface area contributed by atoms with Gasteiger partial charge in [0.25, 0.3) is 0 Å². The maximum absolute atomic E-state index is 5.77. The van der Waals surface area contributed by atoms with E-state index in [4.69, 9.17) is 11.6 Å². The van der Waals surface area contributed by atoms with Crippen LogP contribution in [0.25, 0.3) is 0 Å². The third-order valence-electron chi connectivity index (χ3n) is 1.64. The fraction of sp³-hybridized carbons (Fsp3) is 0.714. The summed E-state index contributed by atoms with van der Waals surface area (Å²) < 4.78 is 0. The molecule has 0 amide bonds. The summed E-state index contributed by atoms with van der Waals surface area (Å²) >= 11 is 7.27. The number of hydrogen-bond acceptors (Lipinski definition) is 4. The highest BCUT2D eigenvalue weighted by Gasteiger charge is 2.12. The molecule has 12 heavy (non-hydrogen) atoms. The molecule has 0 radical (unpaired) electrons. The highest BCUT2D eigenvalue weighted by atomic mass is 35.5. The Balaban J connectivity index is 2.48. The van der Waals surface area contributed by atoms with Crippen LogP contribution in [0.4, 0.5) is 5.13 Å². The molecule has 1 unspecified atom stereocenters. The zero-order chi connectivity index (χ0) is 8.97. The summed E-state index contributed by atoms with van der Waals surface area (Å²) in [5.74, 6) is 1.10. The SMILES string of the molecule is CC(C)C(CCl)Nc1nncs1. The molecule has 1 aromatic rings. The molecule has 0 aliphatic heterocycles. The van der Waals surface area contributed by atoms with Gasteiger partial charge in [0, 0.05) is 11.9 Å². The Morgan fingerprint density at radius 1 is 1.67 bits per heavy atom. The summed E-state index contributed by atoms with van der Waals surface area (Å²) in [5, 5.41) is 11.7. The second-order valence-corrected chi connectivity index (χ2v) is 4.03. The summed E-state index contributed by atoms with van der Waals surface area (Å²) in [6.07, 6.45) is 0. The predicted molar refractivity (Wildman–Crippen MR) is 52.9 cm³/mol. The lowest BCUT2D eigenvalue weighted by molar-refractivity contribution is 0.563. The fourth-order valence-electron chi connectivity index (χ4n) is 0.778. The van der Waals surface area contributed by atoms with Gasteiger partial charge in [0.05, 0.1) is 0 Å². The largest absolute Gasteiger partial charge is 0.356 e. The van der Waals surface area contributed by atoms with Crippen molar-refractivity contribution < 1.29 is 0 Å². The van der Waals surface area contributed by atoms with Crippen LogP contribution in [-0.2, 0) is 0 Å². The average Bonchev–Trinajstić information content (AvgIpc) is 2.51. The summed E-state index contributed by atoms with van der Waals surface area (Å²) in [5.41, 5.74) is 1.70. The number of hydrogen-bond donors (Lipinski definition) is 1. The predicted octanol–water partition coefficient (Wildman–Crippen LogP) is 2.21. The Kier molecular flexibility index (Phi) is 3.75. The first-order chi connectivity index (χ1) is 5.74. The molecule has 3 nitrogen and oxygen atoms in total. The van der Waals surface area contributed by atoms with Gasteiger partial charge in [-0.05, 0) is 5.92 Å². The molecule has 1 N–H and O–H groups in total. The number of anilines is 1. The van der Waals surface area contributed by atoms with E-state index in [9.17, 15) is 0 Å². The lowest BCUT2D eigenvalue weighted by Crippen LogP contribution is -2.27. The number of alkyl halides is 1. The Bertz CT molecular complexity index is 212. The van der Waals surface area contributed by atoms with E-state index in [0.717, 1.165) is 5.13 Å². The Morgan fingerprint density at radius 2 is 2.42 bits per heavy atom. The van der Waals surface area contributed by atoms with Crippen LogP contribution in [0.15, 0.2) is 5.51 Å². The molecule has 1 rings (SSSR count). The number of aromatic nitrogens is 2. The Morgan fingerprint density at radius 3 is 2.83 bits per heavy atom. The van der Waals surface area contributed by atoms with Gasteiger partial charge in [-0.3, -0.25) is 0 Å². The summed E-state index contributed by atoms with van der Waals surface area (Å²) in [7, 11) is 0. The van der Waals surface area contributed by atoms with Crippen molar-refractivity contribution in [1.29, 1.82) is 0 Å². The zero-order valence-corrected chi connectivity index (χ0v) is 8.69. The number of rotatable bonds is 4. The summed E-state index contributed by atoms with van der Waals surface area (Å²) in [6, 6.07) is 0.277. The minimum Gasteiger partial charge on any atom is -0.356 e. The van der Waals surface area contributed by atoms with E-state index in [0.29, 0.717) is 11.8 Å². The van der Waals surface area contributed by atoms with E-state index >= 15 is 0 Å². The van der Waals surface area contributed by atoms with Crippen LogP contribution in [0.5, 0.6) is 0 Å². The van der Waals surface area contributed by atoms with Gasteiger partial charge in [-0.15, -0.1) is 21.8 Å². The summed E-state index contributed by atoms with van der Waals surface area (Å²) in [6.45, 7) is 4.25. The molecule has 0 aromatic carbocycles. The first kappa shape index (κ1) is 9.74. The molecule has 68 valence electrons. The molecule has 1 heterocycles. The van der Waals surface area contributed by atoms with Crippen LogP contribution in [0.1, 0.15) is 13.8 Å². The van der Waals surface area contributed by atoms with Crippen molar-refractivity contribution in [1.82, 2.24) is 10.2 Å². The molecular weight excluding hydrogens is 194 g/mol. The lowest BCUT2D eigenvalue weighted by atomic mass is 10.1. The quantitative estimate of drug-likeness (QED) is 0.766. The van der Waals surface area contributed by atoms with E-state index in [1.165, 1.54) is 11.3 Å². The Labute approximate surface area is 81.2 Å². The standard InChI is InChI=1S/C7H12ClN3S/c1-5(2)6(3-8)10-7-11-9-4-12-7/h4-6H,3H2,1-2H3,(H,10,11). The highest BCUT2D eigenvalue weighted by molar-refractivity contribution is 7.13. The fourth-order valence-corrected chi connectivity index (χ4v) is 1.72. The molecule has 0 saturated heterocycles. The van der Waals surface area contributed by atoms with E-state index in [2.05, 4.69) is 29.4 Å². The van der Waals surface area contributed by atoms with Crippen molar-refractivity contribution in [3.8, 4) is 0 Å². The highest BCUT2D eigenvalue weighted by Crippen LogP contribution is 2.14. The van der Waals surface area contributed by atoms with Gasteiger partial charge in [0.15, 0.2) is 0 Å². The van der Waals surface area contributed by atoms with Gasteiger partial charge < -0.3 is 5.32 Å². The van der Waals surface area contributed by atoms with Crippen molar-refractivity contribution in [3.05, 3.63) is 5.51 Å². The number of halogens is 1. The molecule has 0 saturated carbocycles. The first-order valence-corrected chi connectivity index (χ1v) is 5.24. The molecule has 0 spiro atoms. The smallest absolute Gasteiger partial charge is 0.205 e. The monoisotopic (exact) mass is 205 g/mol. The second-order valence-electron chi connectivity index (χ2n) is 2.89. The van der Waals surface area contributed by atoms with Crippen LogP contribution in [0, 0.1) is 5.92 Å². The van der Waals surface area contributed by atoms with Crippen molar-refractivity contribution in [2.75, 3.05) is 11.2 Å². The normalized spacial score (nSPS) is 13.3. The van der Waals surface area contributed by atoms with Crippen LogP contribution >= 0.6 is 22.9 Å². The van der Waals surface area contributed by atoms with Gasteiger partial charge in [0.1, 0.15) is 5.51 Å². The Hall–Kier alpha value is -0.350. The third-order valence-corrected chi connectivity index (χ3v) is 2.59. The molecule has 1 aromatic heterocycles. The minimum atomic E-state index is 0.277. The summed E-state index contributed by atoms with van der Waals surface area (Å²) in [4.78, 5) is 0. The van der Waals surface area contributed by atoms with Gasteiger partial charge in [-0.1, -0.05) is 25.2 Å². The molecule has 0 fully saturated rings. The van der Waals surface area contributed by atoms with Crippen LogP contribution in [0.3, 0.4) is 0 Å². The minimum absolute atomic E-state index is 0.277. The van der Waals surface area contributed by atoms with Crippen molar-refractivity contribution in [3.63, 3.8) is 0 Å². The molecule has 0 bridgehead atoms. The molecule has 0 aliphatic rings. The van der Waals surface area contributed by atoms with Gasteiger partial charge in [-0.2, -0.15) is 0 Å². The van der Waals surface area contributed by atoms with E-state index in [-0.39, 0.29) is 6.04 Å². The van der Waals surface area contributed by atoms with Gasteiger partial charge in [0.2, 0.25) is 5.13 Å². The van der Waals surface area contributed by atoms with Crippen LogP contribution in [0.2, 0.25) is 0 Å². The lowest BCUT2D eigenvalue weighted by Gasteiger charge is -2.18. The maximum atomic E-state index is 5.77. The maximum Gasteiger partial charge on any atom is 0.205 e. The number of nitrogens with zero attached hydrogens (tertiary/aromatic N) is 2. The van der Waals surface area contributed by atoms with E-state index in [1.807, 2.05) is 0 Å². The molecule has 1 atom stereocenters. The van der Waals surface area contributed by atoms with Crippen LogP contribution in [-0.4, -0.2) is 22.1 Å². The average molecular weight is 206 g/mol. The van der Waals surface area contributed by atoms with E-state index < -0.39 is 0 Å². The number of nitrogens with one attached hydrogen (secondary N) is 1. The molecule has 0 aliphatic carbocycles. The molecular formula is C7H12ClN3S. The van der Waals surface area contributed by atoms with Crippen molar-refractivity contribution in [2.24, 2.45) is 5.92 Å². The topological polar surface area (TPSA) is 37.8 Å².